The second kappa shape index (κ2) is 7.80. The Kier molecular flexibility index (Phi) is 5.78. The van der Waals surface area contributed by atoms with Crippen LogP contribution in [0.2, 0.25) is 0 Å². The van der Waals surface area contributed by atoms with Crippen molar-refractivity contribution in [3.63, 3.8) is 0 Å². The summed E-state index contributed by atoms with van der Waals surface area (Å²) in [5.41, 5.74) is 11.9. The van der Waals surface area contributed by atoms with Crippen molar-refractivity contribution in [2.45, 2.75) is 32.0 Å². The summed E-state index contributed by atoms with van der Waals surface area (Å²) in [7, 11) is 1.50. The maximum Gasteiger partial charge on any atom is 0.255 e. The molecule has 0 bridgehead atoms. The maximum absolute atomic E-state index is 12.0. The second-order valence-electron chi connectivity index (χ2n) is 5.44. The molecular formula is C15H22N4O4. The highest BCUT2D eigenvalue weighted by molar-refractivity contribution is 5.82. The van der Waals surface area contributed by atoms with E-state index < -0.39 is 5.91 Å². The van der Waals surface area contributed by atoms with E-state index in [1.54, 1.807) is 18.2 Å². The number of rotatable bonds is 7. The lowest BCUT2D eigenvalue weighted by Gasteiger charge is -2.13. The fourth-order valence-corrected chi connectivity index (χ4v) is 2.29. The Bertz CT molecular complexity index is 579. The molecule has 2 unspecified atom stereocenters. The van der Waals surface area contributed by atoms with Crippen LogP contribution in [0.5, 0.6) is 11.5 Å². The number of amides is 2. The molecule has 2 amide bonds. The van der Waals surface area contributed by atoms with Crippen LogP contribution in [0.1, 0.15) is 18.9 Å². The SMILES string of the molecule is COc1cc(CNC(=O)C2CC(C)NN2)ccc1OCC(N)=O. The van der Waals surface area contributed by atoms with Crippen molar-refractivity contribution in [1.29, 1.82) is 0 Å². The Morgan fingerprint density at radius 2 is 2.13 bits per heavy atom. The quantitative estimate of drug-likeness (QED) is 0.534. The third-order valence-electron chi connectivity index (χ3n) is 3.47. The van der Waals surface area contributed by atoms with Crippen molar-refractivity contribution < 1.29 is 19.1 Å². The molecule has 1 aliphatic heterocycles. The lowest BCUT2D eigenvalue weighted by molar-refractivity contribution is -0.123. The van der Waals surface area contributed by atoms with Crippen LogP contribution in [0.25, 0.3) is 0 Å². The van der Waals surface area contributed by atoms with Gasteiger partial charge in [-0.25, -0.2) is 5.43 Å². The molecule has 1 saturated heterocycles. The summed E-state index contributed by atoms with van der Waals surface area (Å²) in [6.07, 6.45) is 0.745. The molecular weight excluding hydrogens is 300 g/mol. The molecule has 1 aliphatic rings. The predicted molar refractivity (Wildman–Crippen MR) is 83.7 cm³/mol. The molecule has 1 fully saturated rings. The van der Waals surface area contributed by atoms with Crippen molar-refractivity contribution in [3.8, 4) is 11.5 Å². The lowest BCUT2D eigenvalue weighted by Crippen LogP contribution is -2.43. The number of primary amides is 1. The van der Waals surface area contributed by atoms with Crippen molar-refractivity contribution in [2.75, 3.05) is 13.7 Å². The van der Waals surface area contributed by atoms with Gasteiger partial charge in [-0.2, -0.15) is 0 Å². The highest BCUT2D eigenvalue weighted by Gasteiger charge is 2.26. The van der Waals surface area contributed by atoms with E-state index in [1.807, 2.05) is 6.92 Å². The van der Waals surface area contributed by atoms with Gasteiger partial charge in [0.15, 0.2) is 18.1 Å². The van der Waals surface area contributed by atoms with E-state index in [0.717, 1.165) is 12.0 Å². The minimum absolute atomic E-state index is 0.0603. The number of hydrogen-bond acceptors (Lipinski definition) is 6. The van der Waals surface area contributed by atoms with Gasteiger partial charge in [-0.1, -0.05) is 6.07 Å². The highest BCUT2D eigenvalue weighted by atomic mass is 16.5. The summed E-state index contributed by atoms with van der Waals surface area (Å²) in [6, 6.07) is 5.26. The first-order chi connectivity index (χ1) is 11.0. The smallest absolute Gasteiger partial charge is 0.255 e. The van der Waals surface area contributed by atoms with Gasteiger partial charge in [0, 0.05) is 12.6 Å². The van der Waals surface area contributed by atoms with Gasteiger partial charge in [0.05, 0.1) is 7.11 Å². The first-order valence-electron chi connectivity index (χ1n) is 7.36. The predicted octanol–water partition coefficient (Wildman–Crippen LogP) is -0.569. The van der Waals surface area contributed by atoms with Gasteiger partial charge in [-0.05, 0) is 31.0 Å². The van der Waals surface area contributed by atoms with Crippen LogP contribution in [0.15, 0.2) is 18.2 Å². The zero-order valence-corrected chi connectivity index (χ0v) is 13.2. The van der Waals surface area contributed by atoms with E-state index in [2.05, 4.69) is 16.2 Å². The first-order valence-corrected chi connectivity index (χ1v) is 7.36. The average Bonchev–Trinajstić information content (AvgIpc) is 2.97. The minimum atomic E-state index is -0.560. The number of hydrazine groups is 1. The molecule has 2 atom stereocenters. The zero-order valence-electron chi connectivity index (χ0n) is 13.2. The van der Waals surface area contributed by atoms with Crippen LogP contribution >= 0.6 is 0 Å². The van der Waals surface area contributed by atoms with Crippen LogP contribution in [-0.4, -0.2) is 37.6 Å². The topological polar surface area (TPSA) is 115 Å². The summed E-state index contributed by atoms with van der Waals surface area (Å²) in [5.74, 6) is 0.286. The van der Waals surface area contributed by atoms with Crippen molar-refractivity contribution in [3.05, 3.63) is 23.8 Å². The molecule has 1 aromatic rings. The first kappa shape index (κ1) is 17.0. The molecule has 8 heteroatoms. The number of nitrogens with two attached hydrogens (primary N) is 1. The summed E-state index contributed by atoms with van der Waals surface area (Å²) in [5, 5.41) is 2.87. The largest absolute Gasteiger partial charge is 0.493 e. The van der Waals surface area contributed by atoms with E-state index in [1.165, 1.54) is 7.11 Å². The van der Waals surface area contributed by atoms with Crippen LogP contribution < -0.4 is 31.4 Å². The van der Waals surface area contributed by atoms with Crippen LogP contribution in [0.4, 0.5) is 0 Å². The van der Waals surface area contributed by atoms with Crippen molar-refractivity contribution in [1.82, 2.24) is 16.2 Å². The fourth-order valence-electron chi connectivity index (χ4n) is 2.29. The molecule has 8 nitrogen and oxygen atoms in total. The van der Waals surface area contributed by atoms with Gasteiger partial charge in [-0.15, -0.1) is 0 Å². The van der Waals surface area contributed by atoms with Crippen molar-refractivity contribution in [2.24, 2.45) is 5.73 Å². The Hall–Kier alpha value is -2.32. The Morgan fingerprint density at radius 1 is 1.35 bits per heavy atom. The number of methoxy groups -OCH3 is 1. The molecule has 0 aliphatic carbocycles. The Labute approximate surface area is 134 Å². The molecule has 1 heterocycles. The average molecular weight is 322 g/mol. The van der Waals surface area contributed by atoms with E-state index in [0.29, 0.717) is 18.0 Å². The zero-order chi connectivity index (χ0) is 16.8. The standard InChI is InChI=1S/C15H22N4O4/c1-9-5-11(19-18-9)15(21)17-7-10-3-4-12(13(6-10)22-2)23-8-14(16)20/h3-4,6,9,11,18-19H,5,7-8H2,1-2H3,(H2,16,20)(H,17,21). The van der Waals surface area contributed by atoms with Crippen LogP contribution in [0, 0.1) is 0 Å². The highest BCUT2D eigenvalue weighted by Crippen LogP contribution is 2.28. The molecule has 0 saturated carbocycles. The summed E-state index contributed by atoms with van der Waals surface area (Å²) < 4.78 is 10.5. The van der Waals surface area contributed by atoms with Gasteiger partial charge in [0.25, 0.3) is 5.91 Å². The monoisotopic (exact) mass is 322 g/mol. The maximum atomic E-state index is 12.0. The summed E-state index contributed by atoms with van der Waals surface area (Å²) >= 11 is 0. The van der Waals surface area contributed by atoms with E-state index in [9.17, 15) is 9.59 Å². The van der Waals surface area contributed by atoms with Gasteiger partial charge < -0.3 is 20.5 Å². The van der Waals surface area contributed by atoms with Gasteiger partial charge in [-0.3, -0.25) is 15.0 Å². The molecule has 2 rings (SSSR count). The molecule has 0 radical (unpaired) electrons. The van der Waals surface area contributed by atoms with Gasteiger partial charge in [0.1, 0.15) is 6.04 Å². The molecule has 1 aromatic carbocycles. The third-order valence-corrected chi connectivity index (χ3v) is 3.47. The number of hydrogen-bond donors (Lipinski definition) is 4. The van der Waals surface area contributed by atoms with Crippen LogP contribution in [0.3, 0.4) is 0 Å². The Balaban J connectivity index is 1.92. The lowest BCUT2D eigenvalue weighted by atomic mass is 10.1. The number of carbonyl (C=O) groups is 2. The number of nitrogens with one attached hydrogen (secondary N) is 3. The normalized spacial score (nSPS) is 20.1. The molecule has 126 valence electrons. The van der Waals surface area contributed by atoms with Gasteiger partial charge >= 0.3 is 0 Å². The van der Waals surface area contributed by atoms with E-state index >= 15 is 0 Å². The van der Waals surface area contributed by atoms with E-state index in [-0.39, 0.29) is 24.6 Å². The number of ether oxygens (including phenoxy) is 2. The second-order valence-corrected chi connectivity index (χ2v) is 5.44. The third kappa shape index (κ3) is 4.83. The minimum Gasteiger partial charge on any atom is -0.493 e. The fraction of sp³-hybridized carbons (Fsp3) is 0.467. The Morgan fingerprint density at radius 3 is 2.74 bits per heavy atom. The van der Waals surface area contributed by atoms with Gasteiger partial charge in [0.2, 0.25) is 5.91 Å². The van der Waals surface area contributed by atoms with Crippen LogP contribution in [-0.2, 0) is 16.1 Å². The van der Waals surface area contributed by atoms with E-state index in [4.69, 9.17) is 15.2 Å². The molecule has 0 aromatic heterocycles. The molecule has 0 spiro atoms. The summed E-state index contributed by atoms with van der Waals surface area (Å²) in [6.45, 7) is 2.17. The summed E-state index contributed by atoms with van der Waals surface area (Å²) in [4.78, 5) is 22.8. The number of carbonyl (C=O) groups excluding carboxylic acids is 2. The molecule has 23 heavy (non-hydrogen) atoms. The molecule has 5 N–H and O–H groups in total. The van der Waals surface area contributed by atoms with Crippen molar-refractivity contribution >= 4 is 11.8 Å². The number of benzene rings is 1.